The van der Waals surface area contributed by atoms with E-state index in [1.807, 2.05) is 0 Å². The van der Waals surface area contributed by atoms with E-state index in [4.69, 9.17) is 10.2 Å². The molecule has 2 N–H and O–H groups in total. The van der Waals surface area contributed by atoms with Crippen LogP contribution in [0.1, 0.15) is 6.42 Å². The Morgan fingerprint density at radius 1 is 1.58 bits per heavy atom. The molecule has 72 valence electrons. The van der Waals surface area contributed by atoms with E-state index in [9.17, 15) is 14.4 Å². The van der Waals surface area contributed by atoms with Gasteiger partial charge in [0, 0.05) is 6.42 Å². The third-order valence-corrected chi connectivity index (χ3v) is 2.77. The van der Waals surface area contributed by atoms with Crippen molar-refractivity contribution in [3.05, 3.63) is 0 Å². The second-order valence-electron chi connectivity index (χ2n) is 2.65. The summed E-state index contributed by atoms with van der Waals surface area (Å²) >= 11 is 0. The van der Waals surface area contributed by atoms with Crippen LogP contribution in [0.5, 0.6) is 0 Å². The molecule has 0 bridgehead atoms. The first kappa shape index (κ1) is 10.1. The molecule has 0 aromatic rings. The molecule has 0 amide bonds. The lowest BCUT2D eigenvalue weighted by molar-refractivity contribution is -0.323. The highest BCUT2D eigenvalue weighted by atomic mass is 31.2. The molecular weight excluding hydrogens is 187 g/mol. The predicted molar refractivity (Wildman–Crippen MR) is 34.0 cm³/mol. The third-order valence-electron chi connectivity index (χ3n) is 1.74. The summed E-state index contributed by atoms with van der Waals surface area (Å²) in [7, 11) is -4.79. The number of hydrogen-bond donors (Lipinski definition) is 2. The average molecular weight is 196 g/mol. The summed E-state index contributed by atoms with van der Waals surface area (Å²) in [5.41, 5.74) is 0. The van der Waals surface area contributed by atoms with Crippen molar-refractivity contribution in [3.63, 3.8) is 0 Å². The Labute approximate surface area is 68.9 Å². The first-order valence-corrected chi connectivity index (χ1v) is 5.02. The van der Waals surface area contributed by atoms with Crippen molar-refractivity contribution in [1.82, 2.24) is 0 Å². The van der Waals surface area contributed by atoms with Crippen LogP contribution in [0, 0.1) is 0 Å². The number of rotatable bonds is 2. The molecule has 7 heteroatoms. The van der Waals surface area contributed by atoms with Gasteiger partial charge in [0.25, 0.3) is 0 Å². The summed E-state index contributed by atoms with van der Waals surface area (Å²) in [4.78, 5) is 20.8. The molecule has 1 fully saturated rings. The van der Waals surface area contributed by atoms with Gasteiger partial charge < -0.3 is 29.3 Å². The van der Waals surface area contributed by atoms with Gasteiger partial charge in [-0.3, -0.25) is 0 Å². The highest BCUT2D eigenvalue weighted by molar-refractivity contribution is 7.49. The Kier molecular flexibility index (Phi) is 2.88. The molecule has 0 aromatic carbocycles. The lowest BCUT2D eigenvalue weighted by Gasteiger charge is -2.35. The highest BCUT2D eigenvalue weighted by Gasteiger charge is 2.34. The molecule has 0 aromatic heterocycles. The normalized spacial score (nSPS) is 37.2. The van der Waals surface area contributed by atoms with Crippen LogP contribution in [0.15, 0.2) is 0 Å². The predicted octanol–water partition coefficient (Wildman–Crippen LogP) is -2.63. The van der Waals surface area contributed by atoms with E-state index in [1.165, 1.54) is 0 Å². The molecule has 0 radical (unpaired) electrons. The van der Waals surface area contributed by atoms with Gasteiger partial charge in [-0.2, -0.15) is 0 Å². The molecule has 12 heavy (non-hydrogen) atoms. The molecule has 0 aliphatic carbocycles. The number of aliphatic hydroxyl groups is 2. The fourth-order valence-corrected chi connectivity index (χ4v) is 1.85. The quantitative estimate of drug-likeness (QED) is 0.467. The maximum atomic E-state index is 10.4. The van der Waals surface area contributed by atoms with Gasteiger partial charge >= 0.3 is 0 Å². The zero-order chi connectivity index (χ0) is 9.35. The molecule has 0 saturated carbocycles. The summed E-state index contributed by atoms with van der Waals surface area (Å²) in [5.74, 6) is -1.50. The monoisotopic (exact) mass is 196 g/mol. The number of aliphatic hydroxyl groups excluding tert-OH is 2. The van der Waals surface area contributed by atoms with Crippen LogP contribution in [-0.4, -0.2) is 34.9 Å². The van der Waals surface area contributed by atoms with Gasteiger partial charge in [-0.25, -0.2) is 0 Å². The molecule has 6 nitrogen and oxygen atoms in total. The SMILES string of the molecule is O=P([O-])([O-])[C@H]1C[C@H](O)[C@@H](CO)O1. The Bertz CT molecular complexity index is 200. The molecule has 1 rings (SSSR count). The Balaban J connectivity index is 2.60. The van der Waals surface area contributed by atoms with Crippen LogP contribution in [0.3, 0.4) is 0 Å². The molecular formula is C5H9O6P-2. The average Bonchev–Trinajstić information content (AvgIpc) is 2.29. The highest BCUT2D eigenvalue weighted by Crippen LogP contribution is 2.40. The minimum Gasteiger partial charge on any atom is -0.809 e. The zero-order valence-electron chi connectivity index (χ0n) is 6.12. The molecule has 0 unspecified atom stereocenters. The first-order valence-electron chi connectivity index (χ1n) is 3.41. The molecule has 1 heterocycles. The molecule has 3 atom stereocenters. The van der Waals surface area contributed by atoms with Gasteiger partial charge in [0.2, 0.25) is 0 Å². The van der Waals surface area contributed by atoms with Gasteiger partial charge in [0.1, 0.15) is 6.10 Å². The summed E-state index contributed by atoms with van der Waals surface area (Å²) in [5, 5.41) is 17.6. The van der Waals surface area contributed by atoms with Crippen molar-refractivity contribution >= 4 is 7.60 Å². The third kappa shape index (κ3) is 2.04. The standard InChI is InChI=1S/C5H11O6P/c6-2-4-3(7)1-5(11-4)12(8,9)10/h3-7H,1-2H2,(H2,8,9,10)/p-2/t3-,4+,5-/m0/s1. The first-order chi connectivity index (χ1) is 5.45. The van der Waals surface area contributed by atoms with E-state index in [1.54, 1.807) is 0 Å². The van der Waals surface area contributed by atoms with Crippen LogP contribution in [-0.2, 0) is 9.30 Å². The Morgan fingerprint density at radius 3 is 2.42 bits per heavy atom. The minimum absolute atomic E-state index is 0.254. The summed E-state index contributed by atoms with van der Waals surface area (Å²) in [6.45, 7) is -0.488. The van der Waals surface area contributed by atoms with Crippen molar-refractivity contribution in [1.29, 1.82) is 0 Å². The van der Waals surface area contributed by atoms with Crippen molar-refractivity contribution in [2.45, 2.75) is 24.5 Å². The van der Waals surface area contributed by atoms with Gasteiger partial charge in [-0.05, 0) is 7.60 Å². The van der Waals surface area contributed by atoms with Crippen molar-refractivity contribution < 1.29 is 29.3 Å². The zero-order valence-corrected chi connectivity index (χ0v) is 7.02. The lowest BCUT2D eigenvalue weighted by atomic mass is 10.2. The fraction of sp³-hybridized carbons (Fsp3) is 1.00. The molecule has 0 spiro atoms. The lowest BCUT2D eigenvalue weighted by Crippen LogP contribution is -2.27. The maximum Gasteiger partial charge on any atom is 0.107 e. The van der Waals surface area contributed by atoms with Crippen LogP contribution < -0.4 is 9.79 Å². The van der Waals surface area contributed by atoms with Crippen LogP contribution in [0.4, 0.5) is 0 Å². The van der Waals surface area contributed by atoms with E-state index >= 15 is 0 Å². The largest absolute Gasteiger partial charge is 0.809 e. The molecule has 1 aliphatic rings. The van der Waals surface area contributed by atoms with Gasteiger partial charge in [0.15, 0.2) is 0 Å². The van der Waals surface area contributed by atoms with Crippen molar-refractivity contribution in [2.24, 2.45) is 0 Å². The van der Waals surface area contributed by atoms with Gasteiger partial charge in [0.05, 0.1) is 18.6 Å². The second kappa shape index (κ2) is 3.41. The summed E-state index contributed by atoms with van der Waals surface area (Å²) < 4.78 is 15.0. The van der Waals surface area contributed by atoms with E-state index < -0.39 is 32.3 Å². The Morgan fingerprint density at radius 2 is 2.17 bits per heavy atom. The maximum absolute atomic E-state index is 10.4. The summed E-state index contributed by atoms with van der Waals surface area (Å²) in [6.07, 6.45) is -2.28. The molecule has 1 saturated heterocycles. The van der Waals surface area contributed by atoms with Crippen molar-refractivity contribution in [2.75, 3.05) is 6.61 Å². The van der Waals surface area contributed by atoms with E-state index in [-0.39, 0.29) is 6.42 Å². The Hall–Kier alpha value is 0.0300. The van der Waals surface area contributed by atoms with E-state index in [2.05, 4.69) is 4.74 Å². The van der Waals surface area contributed by atoms with Gasteiger partial charge in [-0.1, -0.05) is 0 Å². The smallest absolute Gasteiger partial charge is 0.107 e. The fourth-order valence-electron chi connectivity index (χ4n) is 1.07. The van der Waals surface area contributed by atoms with E-state index in [0.29, 0.717) is 0 Å². The second-order valence-corrected chi connectivity index (χ2v) is 4.31. The summed E-state index contributed by atoms with van der Waals surface area (Å²) in [6, 6.07) is 0. The topological polar surface area (TPSA) is 113 Å². The minimum atomic E-state index is -4.79. The number of hydrogen-bond acceptors (Lipinski definition) is 6. The van der Waals surface area contributed by atoms with Crippen LogP contribution in [0.2, 0.25) is 0 Å². The number of ether oxygens (including phenoxy) is 1. The van der Waals surface area contributed by atoms with Gasteiger partial charge in [-0.15, -0.1) is 0 Å². The van der Waals surface area contributed by atoms with Crippen LogP contribution >= 0.6 is 7.60 Å². The van der Waals surface area contributed by atoms with Crippen molar-refractivity contribution in [3.8, 4) is 0 Å². The van der Waals surface area contributed by atoms with E-state index in [0.717, 1.165) is 0 Å². The van der Waals surface area contributed by atoms with Crippen LogP contribution in [0.25, 0.3) is 0 Å². The molecule has 1 aliphatic heterocycles.